The number of nitrogens with zero attached hydrogens (tertiary/aromatic N) is 3. The summed E-state index contributed by atoms with van der Waals surface area (Å²) >= 11 is 5.51. The fourth-order valence-corrected chi connectivity index (χ4v) is 13.2. The van der Waals surface area contributed by atoms with Crippen LogP contribution in [0.3, 0.4) is 0 Å². The van der Waals surface area contributed by atoms with E-state index in [0.717, 1.165) is 38.6 Å². The first-order valence-corrected chi connectivity index (χ1v) is 30.3. The molecule has 86 heavy (non-hydrogen) atoms. The first kappa shape index (κ1) is 55.0. The fraction of sp³-hybridized carbons (Fsp3) is 0. The standard InChI is InChI=1S/C50H34N2S.C30H22BrN.B/c1-3-12-35(13-4-1)37-22-28-41(29-23-37)51(42-30-24-38(25-31-42)36-14-5-2-6-15-36)44-17-11-16-40(34-44)39-26-32-43(33-27-39)52-47-20-9-7-18-45(47)50-49(52)46-19-8-10-21-48(46)53-50;31-27-12-7-13-30(22-27)32(28-18-14-25(15-19-28)23-8-3-1-4-9-23)29-20-16-26(17-21-29)24-10-5-2-6-11-24;/h1-34H;1-22H;. The van der Waals surface area contributed by atoms with E-state index in [1.54, 1.807) is 0 Å². The van der Waals surface area contributed by atoms with Gasteiger partial charge in [0.05, 0.1) is 15.7 Å². The molecule has 3 nitrogen and oxygen atoms in total. The van der Waals surface area contributed by atoms with E-state index >= 15 is 0 Å². The van der Waals surface area contributed by atoms with Crippen LogP contribution < -0.4 is 9.80 Å². The largest absolute Gasteiger partial charge is 0.310 e. The van der Waals surface area contributed by atoms with Crippen molar-refractivity contribution in [3.63, 3.8) is 0 Å². The van der Waals surface area contributed by atoms with Crippen molar-refractivity contribution in [3.05, 3.63) is 344 Å². The molecule has 15 aromatic rings. The van der Waals surface area contributed by atoms with Gasteiger partial charge in [0.15, 0.2) is 0 Å². The molecule has 0 aliphatic rings. The number of fused-ring (bicyclic) bond motifs is 5. The van der Waals surface area contributed by atoms with Gasteiger partial charge in [0.2, 0.25) is 0 Å². The van der Waals surface area contributed by atoms with E-state index in [4.69, 9.17) is 0 Å². The summed E-state index contributed by atoms with van der Waals surface area (Å²) in [6, 6.07) is 121. The topological polar surface area (TPSA) is 11.4 Å². The molecule has 6 heteroatoms. The second kappa shape index (κ2) is 24.9. The van der Waals surface area contributed by atoms with E-state index < -0.39 is 0 Å². The predicted octanol–water partition coefficient (Wildman–Crippen LogP) is 23.3. The Kier molecular flexibility index (Phi) is 15.9. The van der Waals surface area contributed by atoms with Crippen LogP contribution >= 0.6 is 27.3 Å². The molecule has 0 saturated carbocycles. The summed E-state index contributed by atoms with van der Waals surface area (Å²) in [5.41, 5.74) is 22.4. The Morgan fingerprint density at radius 1 is 0.267 bits per heavy atom. The summed E-state index contributed by atoms with van der Waals surface area (Å²) in [5, 5.41) is 2.60. The molecule has 13 aromatic carbocycles. The van der Waals surface area contributed by atoms with Crippen LogP contribution in [0, 0.1) is 0 Å². The molecule has 0 fully saturated rings. The van der Waals surface area contributed by atoms with Crippen LogP contribution in [0.4, 0.5) is 34.1 Å². The zero-order valence-electron chi connectivity index (χ0n) is 47.0. The van der Waals surface area contributed by atoms with Gasteiger partial charge in [-0.15, -0.1) is 11.3 Å². The number of rotatable bonds is 12. The van der Waals surface area contributed by atoms with Crippen LogP contribution in [0.1, 0.15) is 0 Å². The Labute approximate surface area is 517 Å². The zero-order valence-corrected chi connectivity index (χ0v) is 49.4. The second-order valence-corrected chi connectivity index (χ2v) is 23.0. The van der Waals surface area contributed by atoms with Gasteiger partial charge < -0.3 is 14.4 Å². The fourth-order valence-electron chi connectivity index (χ4n) is 11.6. The predicted molar refractivity (Wildman–Crippen MR) is 373 cm³/mol. The average Bonchev–Trinajstić information content (AvgIpc) is 1.71. The van der Waals surface area contributed by atoms with Gasteiger partial charge >= 0.3 is 0 Å². The van der Waals surface area contributed by atoms with Gasteiger partial charge in [0.1, 0.15) is 0 Å². The van der Waals surface area contributed by atoms with Crippen LogP contribution in [0.2, 0.25) is 0 Å². The van der Waals surface area contributed by atoms with Crippen molar-refractivity contribution >= 4 is 101 Å². The number of anilines is 6. The average molecular weight is 1180 g/mol. The summed E-state index contributed by atoms with van der Waals surface area (Å²) in [6.07, 6.45) is 0. The molecule has 0 unspecified atom stereocenters. The molecule has 0 atom stereocenters. The minimum Gasteiger partial charge on any atom is -0.310 e. The molecule has 407 valence electrons. The summed E-state index contributed by atoms with van der Waals surface area (Å²) in [6.45, 7) is 0. The van der Waals surface area contributed by atoms with Crippen molar-refractivity contribution in [2.75, 3.05) is 9.80 Å². The number of para-hydroxylation sites is 1. The summed E-state index contributed by atoms with van der Waals surface area (Å²) in [7, 11) is 0. The van der Waals surface area contributed by atoms with E-state index in [2.05, 4.69) is 358 Å². The highest BCUT2D eigenvalue weighted by Gasteiger charge is 2.19. The Hall–Kier alpha value is -10.2. The van der Waals surface area contributed by atoms with Crippen LogP contribution in [0.15, 0.2) is 344 Å². The monoisotopic (exact) mass is 1180 g/mol. The highest BCUT2D eigenvalue weighted by molar-refractivity contribution is 9.10. The maximum absolute atomic E-state index is 3.63. The molecule has 3 radical (unpaired) electrons. The van der Waals surface area contributed by atoms with E-state index in [1.165, 1.54) is 92.5 Å². The Morgan fingerprint density at radius 3 is 1.05 bits per heavy atom. The van der Waals surface area contributed by atoms with Crippen molar-refractivity contribution in [2.45, 2.75) is 0 Å². The molecule has 2 heterocycles. The second-order valence-electron chi connectivity index (χ2n) is 21.0. The Bertz CT molecular complexity index is 4550. The summed E-state index contributed by atoms with van der Waals surface area (Å²) in [5.74, 6) is 0. The third-order valence-electron chi connectivity index (χ3n) is 15.7. The smallest absolute Gasteiger partial charge is 0.0727 e. The lowest BCUT2D eigenvalue weighted by molar-refractivity contribution is 1.19. The lowest BCUT2D eigenvalue weighted by Crippen LogP contribution is -2.10. The normalized spacial score (nSPS) is 11.0. The lowest BCUT2D eigenvalue weighted by atomic mass is 10.0. The minimum absolute atomic E-state index is 0. The van der Waals surface area contributed by atoms with Crippen molar-refractivity contribution in [1.82, 2.24) is 4.57 Å². The molecular weight excluding hydrogens is 1130 g/mol. The van der Waals surface area contributed by atoms with E-state index in [1.807, 2.05) is 23.5 Å². The maximum Gasteiger partial charge on any atom is 0.0727 e. The first-order chi connectivity index (χ1) is 42.1. The van der Waals surface area contributed by atoms with E-state index in [-0.39, 0.29) is 8.41 Å². The van der Waals surface area contributed by atoms with Gasteiger partial charge in [-0.2, -0.15) is 0 Å². The molecule has 0 saturated heterocycles. The molecule has 0 N–H and O–H groups in total. The first-order valence-electron chi connectivity index (χ1n) is 28.7. The Balaban J connectivity index is 0.000000178. The molecule has 0 aliphatic carbocycles. The van der Waals surface area contributed by atoms with Crippen LogP contribution in [0.25, 0.3) is 92.5 Å². The van der Waals surface area contributed by atoms with Gasteiger partial charge in [-0.05, 0) is 159 Å². The lowest BCUT2D eigenvalue weighted by Gasteiger charge is -2.26. The number of aromatic nitrogens is 1. The molecule has 2 aromatic heterocycles. The van der Waals surface area contributed by atoms with Crippen LogP contribution in [-0.4, -0.2) is 13.0 Å². The van der Waals surface area contributed by atoms with Crippen molar-refractivity contribution < 1.29 is 0 Å². The van der Waals surface area contributed by atoms with Crippen molar-refractivity contribution in [1.29, 1.82) is 0 Å². The number of benzene rings is 13. The number of hydrogen-bond donors (Lipinski definition) is 0. The van der Waals surface area contributed by atoms with Crippen molar-refractivity contribution in [2.24, 2.45) is 0 Å². The number of hydrogen-bond acceptors (Lipinski definition) is 3. The van der Waals surface area contributed by atoms with Gasteiger partial charge in [-0.3, -0.25) is 0 Å². The number of halogens is 1. The number of thiophene rings is 1. The zero-order chi connectivity index (χ0) is 56.9. The van der Waals surface area contributed by atoms with Gasteiger partial charge in [-0.1, -0.05) is 253 Å². The Morgan fingerprint density at radius 2 is 0.605 bits per heavy atom. The molecule has 0 aliphatic heterocycles. The summed E-state index contributed by atoms with van der Waals surface area (Å²) < 4.78 is 6.15. The van der Waals surface area contributed by atoms with Crippen LogP contribution in [0.5, 0.6) is 0 Å². The quantitative estimate of drug-likeness (QED) is 0.113. The third kappa shape index (κ3) is 11.3. The highest BCUT2D eigenvalue weighted by atomic mass is 79.9. The van der Waals surface area contributed by atoms with E-state index in [0.29, 0.717) is 0 Å². The molecule has 0 amide bonds. The molecular formula is C80H56BBrN3S. The third-order valence-corrected chi connectivity index (χ3v) is 17.4. The molecule has 15 rings (SSSR count). The molecule has 0 bridgehead atoms. The minimum atomic E-state index is 0. The molecule has 0 spiro atoms. The van der Waals surface area contributed by atoms with Crippen LogP contribution in [-0.2, 0) is 0 Å². The SMILES string of the molecule is Brc1cccc(N(c2ccc(-c3ccccc3)cc2)c2ccc(-c3ccccc3)cc2)c1.[B].c1ccc(-c2ccc(N(c3ccc(-c4ccccc4)cc3)c3cccc(-c4ccc(-n5c6ccccc6c6sc7ccccc7c65)cc4)c3)cc2)cc1. The van der Waals surface area contributed by atoms with Crippen molar-refractivity contribution in [3.8, 4) is 61.3 Å². The van der Waals surface area contributed by atoms with Gasteiger partial charge in [0, 0.05) is 68.2 Å². The maximum atomic E-state index is 3.63. The highest BCUT2D eigenvalue weighted by Crippen LogP contribution is 2.44. The summed E-state index contributed by atoms with van der Waals surface area (Å²) in [4.78, 5) is 4.64. The van der Waals surface area contributed by atoms with E-state index in [9.17, 15) is 0 Å². The van der Waals surface area contributed by atoms with Gasteiger partial charge in [-0.25, -0.2) is 0 Å². The van der Waals surface area contributed by atoms with Gasteiger partial charge in [0.25, 0.3) is 0 Å².